The van der Waals surface area contributed by atoms with Crippen LogP contribution < -0.4 is 4.90 Å². The number of hydrogen-bond donors (Lipinski definition) is 0. The summed E-state index contributed by atoms with van der Waals surface area (Å²) in [4.78, 5) is 25.5. The standard InChI is InChI=1S/C17H10ClF2NO2/c18-12-2-1-3-14(8-12)21-16(22)7-11(17(21)23)6-10-4-5-13(19)9-15(10)20/h1-6,8-9H,7H2/b11-6+. The van der Waals surface area contributed by atoms with Gasteiger partial charge in [-0.1, -0.05) is 17.7 Å². The molecule has 0 N–H and O–H groups in total. The van der Waals surface area contributed by atoms with Crippen molar-refractivity contribution in [3.63, 3.8) is 0 Å². The maximum absolute atomic E-state index is 13.7. The second-order valence-electron chi connectivity index (χ2n) is 5.03. The van der Waals surface area contributed by atoms with Crippen molar-refractivity contribution in [3.05, 3.63) is 70.3 Å². The molecule has 1 aliphatic heterocycles. The highest BCUT2D eigenvalue weighted by Gasteiger charge is 2.35. The second kappa shape index (κ2) is 5.93. The number of imide groups is 1. The van der Waals surface area contributed by atoms with Gasteiger partial charge in [0.2, 0.25) is 5.91 Å². The van der Waals surface area contributed by atoms with Crippen LogP contribution in [-0.4, -0.2) is 11.8 Å². The van der Waals surface area contributed by atoms with E-state index in [9.17, 15) is 18.4 Å². The van der Waals surface area contributed by atoms with E-state index in [0.29, 0.717) is 10.7 Å². The van der Waals surface area contributed by atoms with Crippen LogP contribution in [0.2, 0.25) is 5.02 Å². The highest BCUT2D eigenvalue weighted by Crippen LogP contribution is 2.29. The normalized spacial score (nSPS) is 16.5. The van der Waals surface area contributed by atoms with Gasteiger partial charge in [0.1, 0.15) is 11.6 Å². The van der Waals surface area contributed by atoms with Crippen LogP contribution in [0.5, 0.6) is 0 Å². The number of carbonyl (C=O) groups is 2. The highest BCUT2D eigenvalue weighted by molar-refractivity contribution is 6.32. The molecule has 1 saturated heterocycles. The Hall–Kier alpha value is -2.53. The third-order valence-electron chi connectivity index (χ3n) is 3.43. The lowest BCUT2D eigenvalue weighted by molar-refractivity contribution is -0.120. The molecule has 1 heterocycles. The molecule has 2 aromatic rings. The molecule has 2 amide bonds. The molecule has 0 bridgehead atoms. The van der Waals surface area contributed by atoms with E-state index in [-0.39, 0.29) is 17.6 Å². The first-order chi connectivity index (χ1) is 11.0. The minimum atomic E-state index is -0.793. The van der Waals surface area contributed by atoms with Gasteiger partial charge in [-0.3, -0.25) is 9.59 Å². The molecule has 0 spiro atoms. The molecule has 0 saturated carbocycles. The van der Waals surface area contributed by atoms with Gasteiger partial charge in [0.25, 0.3) is 5.91 Å². The maximum atomic E-state index is 13.7. The molecule has 1 aliphatic rings. The van der Waals surface area contributed by atoms with E-state index in [1.54, 1.807) is 18.2 Å². The minimum absolute atomic E-state index is 0.0514. The Morgan fingerprint density at radius 1 is 1.09 bits per heavy atom. The number of halogens is 3. The first-order valence-corrected chi connectivity index (χ1v) is 7.12. The fourth-order valence-electron chi connectivity index (χ4n) is 2.37. The number of rotatable bonds is 2. The lowest BCUT2D eigenvalue weighted by atomic mass is 10.1. The number of carbonyl (C=O) groups excluding carboxylic acids is 2. The van der Waals surface area contributed by atoms with Crippen molar-refractivity contribution in [1.29, 1.82) is 0 Å². The molecular weight excluding hydrogens is 324 g/mol. The minimum Gasteiger partial charge on any atom is -0.274 e. The van der Waals surface area contributed by atoms with E-state index < -0.39 is 23.4 Å². The van der Waals surface area contributed by atoms with Crippen molar-refractivity contribution in [2.24, 2.45) is 0 Å². The summed E-state index contributed by atoms with van der Waals surface area (Å²) < 4.78 is 26.6. The topological polar surface area (TPSA) is 37.4 Å². The monoisotopic (exact) mass is 333 g/mol. The van der Waals surface area contributed by atoms with Crippen molar-refractivity contribution in [2.75, 3.05) is 4.90 Å². The fraction of sp³-hybridized carbons (Fsp3) is 0.0588. The summed E-state index contributed by atoms with van der Waals surface area (Å²) in [6, 6.07) is 9.37. The van der Waals surface area contributed by atoms with Crippen LogP contribution in [0.15, 0.2) is 48.0 Å². The Bertz CT molecular complexity index is 848. The molecule has 1 fully saturated rings. The number of nitrogens with zero attached hydrogens (tertiary/aromatic N) is 1. The predicted octanol–water partition coefficient (Wildman–Crippen LogP) is 3.97. The van der Waals surface area contributed by atoms with E-state index in [1.165, 1.54) is 18.2 Å². The molecule has 3 nitrogen and oxygen atoms in total. The first kappa shape index (κ1) is 15.4. The molecule has 6 heteroatoms. The van der Waals surface area contributed by atoms with E-state index in [1.807, 2.05) is 0 Å². The lowest BCUT2D eigenvalue weighted by Gasteiger charge is -2.13. The van der Waals surface area contributed by atoms with Gasteiger partial charge in [-0.05, 0) is 36.4 Å². The molecule has 23 heavy (non-hydrogen) atoms. The summed E-state index contributed by atoms with van der Waals surface area (Å²) in [5.74, 6) is -2.47. The van der Waals surface area contributed by atoms with Crippen LogP contribution in [-0.2, 0) is 9.59 Å². The van der Waals surface area contributed by atoms with Crippen LogP contribution in [0.1, 0.15) is 12.0 Å². The third-order valence-corrected chi connectivity index (χ3v) is 3.66. The maximum Gasteiger partial charge on any atom is 0.261 e. The van der Waals surface area contributed by atoms with Crippen molar-refractivity contribution in [1.82, 2.24) is 0 Å². The van der Waals surface area contributed by atoms with Gasteiger partial charge in [-0.15, -0.1) is 0 Å². The number of anilines is 1. The largest absolute Gasteiger partial charge is 0.274 e. The summed E-state index contributed by atoms with van der Waals surface area (Å²) in [5.41, 5.74) is 0.548. The van der Waals surface area contributed by atoms with Crippen molar-refractivity contribution in [2.45, 2.75) is 6.42 Å². The smallest absolute Gasteiger partial charge is 0.261 e. The molecule has 0 unspecified atom stereocenters. The van der Waals surface area contributed by atoms with Crippen molar-refractivity contribution in [3.8, 4) is 0 Å². The fourth-order valence-corrected chi connectivity index (χ4v) is 2.55. The second-order valence-corrected chi connectivity index (χ2v) is 5.46. The zero-order valence-electron chi connectivity index (χ0n) is 11.7. The van der Waals surface area contributed by atoms with Crippen LogP contribution >= 0.6 is 11.6 Å². The van der Waals surface area contributed by atoms with Gasteiger partial charge in [0.15, 0.2) is 0 Å². The first-order valence-electron chi connectivity index (χ1n) is 6.74. The average molecular weight is 334 g/mol. The van der Waals surface area contributed by atoms with Gasteiger partial charge < -0.3 is 0 Å². The van der Waals surface area contributed by atoms with Crippen LogP contribution in [0.3, 0.4) is 0 Å². The predicted molar refractivity (Wildman–Crippen MR) is 82.9 cm³/mol. The van der Waals surface area contributed by atoms with E-state index >= 15 is 0 Å². The van der Waals surface area contributed by atoms with Gasteiger partial charge in [-0.25, -0.2) is 13.7 Å². The van der Waals surface area contributed by atoms with E-state index in [2.05, 4.69) is 0 Å². The van der Waals surface area contributed by atoms with Gasteiger partial charge in [0.05, 0.1) is 12.1 Å². The van der Waals surface area contributed by atoms with Crippen LogP contribution in [0.25, 0.3) is 6.08 Å². The van der Waals surface area contributed by atoms with E-state index in [0.717, 1.165) is 17.0 Å². The summed E-state index contributed by atoms with van der Waals surface area (Å²) in [7, 11) is 0. The van der Waals surface area contributed by atoms with Gasteiger partial charge in [0, 0.05) is 22.2 Å². The Morgan fingerprint density at radius 2 is 1.87 bits per heavy atom. The Labute approximate surface area is 135 Å². The Kier molecular flexibility index (Phi) is 3.96. The van der Waals surface area contributed by atoms with Crippen molar-refractivity contribution < 1.29 is 18.4 Å². The number of hydrogen-bond acceptors (Lipinski definition) is 2. The highest BCUT2D eigenvalue weighted by atomic mass is 35.5. The van der Waals surface area contributed by atoms with Crippen LogP contribution in [0.4, 0.5) is 14.5 Å². The molecule has 0 aromatic heterocycles. The summed E-state index contributed by atoms with van der Waals surface area (Å²) >= 11 is 5.87. The molecule has 0 aliphatic carbocycles. The van der Waals surface area contributed by atoms with Crippen molar-refractivity contribution >= 4 is 35.2 Å². The lowest BCUT2D eigenvalue weighted by Crippen LogP contribution is -2.28. The van der Waals surface area contributed by atoms with Gasteiger partial charge in [-0.2, -0.15) is 0 Å². The zero-order valence-corrected chi connectivity index (χ0v) is 12.5. The molecule has 3 rings (SSSR count). The third kappa shape index (κ3) is 3.00. The molecule has 116 valence electrons. The van der Waals surface area contributed by atoms with Gasteiger partial charge >= 0.3 is 0 Å². The number of amides is 2. The molecule has 2 aromatic carbocycles. The average Bonchev–Trinajstić information content (AvgIpc) is 2.76. The summed E-state index contributed by atoms with van der Waals surface area (Å²) in [6.45, 7) is 0. The number of benzene rings is 2. The van der Waals surface area contributed by atoms with E-state index in [4.69, 9.17) is 11.6 Å². The molecule has 0 radical (unpaired) electrons. The Balaban J connectivity index is 1.96. The molecular formula is C17H10ClF2NO2. The van der Waals surface area contributed by atoms with Crippen LogP contribution in [0, 0.1) is 11.6 Å². The quantitative estimate of drug-likeness (QED) is 0.616. The SMILES string of the molecule is O=C1C/C(=C\c2ccc(F)cc2F)C(=O)N1c1cccc(Cl)c1. The summed E-state index contributed by atoms with van der Waals surface area (Å²) in [6.07, 6.45) is 1.11. The zero-order chi connectivity index (χ0) is 16.6. The molecule has 0 atom stereocenters. The Morgan fingerprint density at radius 3 is 2.57 bits per heavy atom. The summed E-state index contributed by atoms with van der Waals surface area (Å²) in [5, 5.41) is 0.394.